The Morgan fingerprint density at radius 1 is 1.40 bits per heavy atom. The van der Waals surface area contributed by atoms with Crippen LogP contribution in [0.2, 0.25) is 0 Å². The Morgan fingerprint density at radius 2 is 2.00 bits per heavy atom. The zero-order valence-corrected chi connectivity index (χ0v) is 12.5. The van der Waals surface area contributed by atoms with Crippen molar-refractivity contribution in [3.8, 4) is 0 Å². The number of rotatable bonds is 5. The molecule has 0 aliphatic heterocycles. The maximum Gasteiger partial charge on any atom is 0.268 e. The number of Topliss-reactive ketones (excluding diaryl/α,β-unsaturated/α-hetero) is 1. The molecular weight excluding hydrogens is 256 g/mol. The molecule has 0 bridgehead atoms. The van der Waals surface area contributed by atoms with E-state index in [0.29, 0.717) is 28.4 Å². The van der Waals surface area contributed by atoms with Crippen LogP contribution in [0.4, 0.5) is 0 Å². The van der Waals surface area contributed by atoms with Crippen LogP contribution < -0.4 is 5.32 Å². The van der Waals surface area contributed by atoms with E-state index in [1.54, 1.807) is 13.8 Å². The number of aliphatic hydroxyl groups is 1. The Balaban J connectivity index is 2.26. The molecule has 2 rings (SSSR count). The number of aliphatic hydroxyl groups excluding tert-OH is 1. The Kier molecular flexibility index (Phi) is 3.73. The number of H-pyrrole nitrogens is 1. The Morgan fingerprint density at radius 3 is 2.40 bits per heavy atom. The summed E-state index contributed by atoms with van der Waals surface area (Å²) >= 11 is 0. The molecule has 1 aromatic rings. The summed E-state index contributed by atoms with van der Waals surface area (Å²) in [5.74, 6) is 0.0176. The normalized spacial score (nSPS) is 17.6. The second-order valence-electron chi connectivity index (χ2n) is 5.99. The van der Waals surface area contributed by atoms with Crippen molar-refractivity contribution in [3.63, 3.8) is 0 Å². The maximum absolute atomic E-state index is 12.4. The largest absolute Gasteiger partial charge is 0.394 e. The van der Waals surface area contributed by atoms with E-state index in [-0.39, 0.29) is 18.3 Å². The molecule has 0 spiro atoms. The maximum atomic E-state index is 12.4. The van der Waals surface area contributed by atoms with E-state index < -0.39 is 5.54 Å². The quantitative estimate of drug-likeness (QED) is 0.717. The number of amides is 1. The van der Waals surface area contributed by atoms with Crippen molar-refractivity contribution in [1.29, 1.82) is 0 Å². The lowest BCUT2D eigenvalue weighted by Gasteiger charge is -2.28. The second kappa shape index (κ2) is 5.05. The van der Waals surface area contributed by atoms with E-state index in [1.807, 2.05) is 6.92 Å². The highest BCUT2D eigenvalue weighted by Gasteiger charge is 2.42. The minimum absolute atomic E-state index is 0.0533. The first-order valence-corrected chi connectivity index (χ1v) is 6.93. The summed E-state index contributed by atoms with van der Waals surface area (Å²) in [6.07, 6.45) is 2.05. The highest BCUT2D eigenvalue weighted by molar-refractivity contribution is 6.02. The Labute approximate surface area is 118 Å². The molecule has 5 heteroatoms. The number of aromatic amines is 1. The lowest BCUT2D eigenvalue weighted by Crippen LogP contribution is -2.51. The van der Waals surface area contributed by atoms with Crippen molar-refractivity contribution in [2.75, 3.05) is 6.61 Å². The molecule has 1 amide bonds. The van der Waals surface area contributed by atoms with Gasteiger partial charge in [0.2, 0.25) is 0 Å². The SMILES string of the molecule is CC(=O)c1c(C)[nH]c(C(=O)NC(C)(CO)C2CC2)c1C. The molecule has 1 unspecified atom stereocenters. The van der Waals surface area contributed by atoms with Crippen molar-refractivity contribution >= 4 is 11.7 Å². The first-order valence-electron chi connectivity index (χ1n) is 6.93. The second-order valence-corrected chi connectivity index (χ2v) is 5.99. The zero-order valence-electron chi connectivity index (χ0n) is 12.5. The van der Waals surface area contributed by atoms with Crippen LogP contribution in [-0.2, 0) is 0 Å². The van der Waals surface area contributed by atoms with Gasteiger partial charge in [-0.2, -0.15) is 0 Å². The molecule has 1 atom stereocenters. The number of nitrogens with one attached hydrogen (secondary N) is 2. The predicted molar refractivity (Wildman–Crippen MR) is 76.0 cm³/mol. The lowest BCUT2D eigenvalue weighted by atomic mass is 9.96. The number of ketones is 1. The monoisotopic (exact) mass is 278 g/mol. The summed E-state index contributed by atoms with van der Waals surface area (Å²) in [5.41, 5.74) is 1.78. The lowest BCUT2D eigenvalue weighted by molar-refractivity contribution is 0.0819. The number of hydrogen-bond acceptors (Lipinski definition) is 3. The Hall–Kier alpha value is -1.62. The van der Waals surface area contributed by atoms with E-state index in [1.165, 1.54) is 6.92 Å². The molecule has 20 heavy (non-hydrogen) atoms. The van der Waals surface area contributed by atoms with Gasteiger partial charge in [-0.05, 0) is 52.0 Å². The molecule has 1 fully saturated rings. The third-order valence-electron chi connectivity index (χ3n) is 4.22. The highest BCUT2D eigenvalue weighted by Crippen LogP contribution is 2.39. The minimum Gasteiger partial charge on any atom is -0.394 e. The van der Waals surface area contributed by atoms with Gasteiger partial charge in [-0.1, -0.05) is 0 Å². The number of aryl methyl sites for hydroxylation is 1. The Bertz CT molecular complexity index is 558. The standard InChI is InChI=1S/C15H22N2O3/c1-8-12(10(3)19)9(2)16-13(8)14(20)17-15(4,7-18)11-5-6-11/h11,16,18H,5-7H2,1-4H3,(H,17,20). The average molecular weight is 278 g/mol. The summed E-state index contributed by atoms with van der Waals surface area (Å²) in [4.78, 5) is 27.0. The fourth-order valence-electron chi connectivity index (χ4n) is 2.82. The van der Waals surface area contributed by atoms with E-state index in [4.69, 9.17) is 0 Å². The molecule has 1 heterocycles. The van der Waals surface area contributed by atoms with Crippen LogP contribution in [0.3, 0.4) is 0 Å². The van der Waals surface area contributed by atoms with E-state index >= 15 is 0 Å². The van der Waals surface area contributed by atoms with Crippen molar-refractivity contribution in [2.24, 2.45) is 5.92 Å². The summed E-state index contributed by atoms with van der Waals surface area (Å²) in [5, 5.41) is 12.4. The van der Waals surface area contributed by atoms with Crippen molar-refractivity contribution in [3.05, 3.63) is 22.5 Å². The molecule has 1 aromatic heterocycles. The molecule has 3 N–H and O–H groups in total. The number of carbonyl (C=O) groups excluding carboxylic acids is 2. The molecule has 1 aliphatic rings. The molecule has 0 aromatic carbocycles. The van der Waals surface area contributed by atoms with Crippen LogP contribution in [-0.4, -0.2) is 33.9 Å². The van der Waals surface area contributed by atoms with Crippen molar-refractivity contribution in [1.82, 2.24) is 10.3 Å². The first-order chi connectivity index (χ1) is 9.30. The molecule has 5 nitrogen and oxygen atoms in total. The third kappa shape index (κ3) is 2.50. The van der Waals surface area contributed by atoms with Gasteiger partial charge >= 0.3 is 0 Å². The van der Waals surface area contributed by atoms with Gasteiger partial charge in [0.05, 0.1) is 12.1 Å². The van der Waals surface area contributed by atoms with Crippen LogP contribution in [0.15, 0.2) is 0 Å². The van der Waals surface area contributed by atoms with Gasteiger partial charge in [0.25, 0.3) is 5.91 Å². The smallest absolute Gasteiger partial charge is 0.268 e. The van der Waals surface area contributed by atoms with Crippen molar-refractivity contribution in [2.45, 2.75) is 46.1 Å². The zero-order chi connectivity index (χ0) is 15.1. The summed E-state index contributed by atoms with van der Waals surface area (Å²) < 4.78 is 0. The first kappa shape index (κ1) is 14.8. The van der Waals surface area contributed by atoms with Crippen LogP contribution in [0.25, 0.3) is 0 Å². The van der Waals surface area contributed by atoms with E-state index in [0.717, 1.165) is 12.8 Å². The third-order valence-corrected chi connectivity index (χ3v) is 4.22. The van der Waals surface area contributed by atoms with Gasteiger partial charge in [0.1, 0.15) is 5.69 Å². The van der Waals surface area contributed by atoms with Gasteiger partial charge in [-0.25, -0.2) is 0 Å². The average Bonchev–Trinajstić information content (AvgIpc) is 3.15. The van der Waals surface area contributed by atoms with Gasteiger partial charge in [0, 0.05) is 11.3 Å². The van der Waals surface area contributed by atoms with Crippen LogP contribution in [0, 0.1) is 19.8 Å². The number of aromatic nitrogens is 1. The fourth-order valence-corrected chi connectivity index (χ4v) is 2.82. The summed E-state index contributed by atoms with van der Waals surface area (Å²) in [7, 11) is 0. The predicted octanol–water partition coefficient (Wildman–Crippen LogP) is 1.72. The summed E-state index contributed by atoms with van der Waals surface area (Å²) in [6, 6.07) is 0. The van der Waals surface area contributed by atoms with Crippen LogP contribution in [0.5, 0.6) is 0 Å². The molecule has 0 saturated heterocycles. The molecule has 0 radical (unpaired) electrons. The van der Waals surface area contributed by atoms with Crippen LogP contribution >= 0.6 is 0 Å². The number of carbonyl (C=O) groups is 2. The molecule has 1 saturated carbocycles. The number of hydrogen-bond donors (Lipinski definition) is 3. The fraction of sp³-hybridized carbons (Fsp3) is 0.600. The van der Waals surface area contributed by atoms with Gasteiger partial charge in [-0.15, -0.1) is 0 Å². The van der Waals surface area contributed by atoms with E-state index in [9.17, 15) is 14.7 Å². The topological polar surface area (TPSA) is 82.2 Å². The van der Waals surface area contributed by atoms with Crippen LogP contribution in [0.1, 0.15) is 58.8 Å². The van der Waals surface area contributed by atoms with Gasteiger partial charge in [-0.3, -0.25) is 9.59 Å². The molecule has 1 aliphatic carbocycles. The molecular formula is C15H22N2O3. The summed E-state index contributed by atoms with van der Waals surface area (Å²) in [6.45, 7) is 6.82. The van der Waals surface area contributed by atoms with Gasteiger partial charge < -0.3 is 15.4 Å². The minimum atomic E-state index is -0.584. The van der Waals surface area contributed by atoms with E-state index in [2.05, 4.69) is 10.3 Å². The van der Waals surface area contributed by atoms with Crippen molar-refractivity contribution < 1.29 is 14.7 Å². The highest BCUT2D eigenvalue weighted by atomic mass is 16.3. The van der Waals surface area contributed by atoms with Gasteiger partial charge in [0.15, 0.2) is 5.78 Å². The molecule has 110 valence electrons.